The van der Waals surface area contributed by atoms with Gasteiger partial charge < -0.3 is 15.8 Å². The van der Waals surface area contributed by atoms with E-state index in [2.05, 4.69) is 20.1 Å². The van der Waals surface area contributed by atoms with Gasteiger partial charge in [-0.15, -0.1) is 0 Å². The van der Waals surface area contributed by atoms with Gasteiger partial charge in [0.25, 0.3) is 11.9 Å². The van der Waals surface area contributed by atoms with Gasteiger partial charge in [-0.1, -0.05) is 11.6 Å². The van der Waals surface area contributed by atoms with Crippen molar-refractivity contribution in [1.82, 2.24) is 9.78 Å². The third kappa shape index (κ3) is 3.39. The van der Waals surface area contributed by atoms with Crippen LogP contribution in [0.15, 0.2) is 29.4 Å². The average molecular weight is 416 g/mol. The predicted octanol–water partition coefficient (Wildman–Crippen LogP) is 3.14. The number of anilines is 1. The van der Waals surface area contributed by atoms with Crippen molar-refractivity contribution < 1.29 is 22.7 Å². The number of hydrogen-bond donors (Lipinski definition) is 2. The molecule has 1 amide bonds. The van der Waals surface area contributed by atoms with E-state index in [1.807, 2.05) is 6.92 Å². The fourth-order valence-corrected chi connectivity index (χ4v) is 3.01. The Morgan fingerprint density at radius 2 is 2.18 bits per heavy atom. The Labute approximate surface area is 163 Å². The lowest BCUT2D eigenvalue weighted by molar-refractivity contribution is -0.117. The first-order chi connectivity index (χ1) is 13.1. The van der Waals surface area contributed by atoms with Crippen LogP contribution >= 0.6 is 11.6 Å². The molecule has 150 valence electrons. The zero-order chi connectivity index (χ0) is 20.7. The van der Waals surface area contributed by atoms with E-state index in [1.165, 1.54) is 16.9 Å². The zero-order valence-electron chi connectivity index (χ0n) is 15.0. The molecular formula is C17H17ClF3N5O2. The van der Waals surface area contributed by atoms with E-state index >= 15 is 0 Å². The highest BCUT2D eigenvalue weighted by Gasteiger charge is 2.56. The fraction of sp³-hybridized carbons (Fsp3) is 0.353. The van der Waals surface area contributed by atoms with Gasteiger partial charge in [0.1, 0.15) is 5.82 Å². The van der Waals surface area contributed by atoms with E-state index < -0.39 is 41.4 Å². The minimum absolute atomic E-state index is 0.0423. The number of aromatic nitrogens is 2. The minimum atomic E-state index is -3.53. The maximum Gasteiger partial charge on any atom is 0.310 e. The molecule has 0 spiro atoms. The minimum Gasteiger partial charge on any atom is -0.459 e. The summed E-state index contributed by atoms with van der Waals surface area (Å²) in [5.74, 6) is -5.11. The smallest absolute Gasteiger partial charge is 0.310 e. The number of nitrogens with one attached hydrogen (secondary N) is 1. The molecule has 7 nitrogen and oxygen atoms in total. The maximum absolute atomic E-state index is 14.5. The Morgan fingerprint density at radius 3 is 2.82 bits per heavy atom. The normalized spacial score (nSPS) is 21.0. The van der Waals surface area contributed by atoms with Crippen LogP contribution in [0.5, 0.6) is 0 Å². The van der Waals surface area contributed by atoms with E-state index in [-0.39, 0.29) is 16.4 Å². The molecule has 2 heterocycles. The second-order valence-corrected chi connectivity index (χ2v) is 6.75. The van der Waals surface area contributed by atoms with Gasteiger partial charge in [0.2, 0.25) is 0 Å². The third-order valence-electron chi connectivity index (χ3n) is 4.45. The Kier molecular flexibility index (Phi) is 5.00. The van der Waals surface area contributed by atoms with Crippen molar-refractivity contribution in [2.75, 3.05) is 11.9 Å². The summed E-state index contributed by atoms with van der Waals surface area (Å²) in [7, 11) is 0. The number of rotatable bonds is 4. The van der Waals surface area contributed by atoms with Crippen LogP contribution in [0.2, 0.25) is 5.02 Å². The van der Waals surface area contributed by atoms with E-state index in [9.17, 15) is 18.0 Å². The summed E-state index contributed by atoms with van der Waals surface area (Å²) in [6, 6.07) is 2.79. The molecule has 1 unspecified atom stereocenters. The largest absolute Gasteiger partial charge is 0.459 e. The third-order valence-corrected chi connectivity index (χ3v) is 4.73. The van der Waals surface area contributed by atoms with Gasteiger partial charge in [-0.2, -0.15) is 13.9 Å². The molecule has 2 aromatic rings. The number of halogens is 4. The first-order valence-electron chi connectivity index (χ1n) is 8.27. The molecule has 0 aliphatic carbocycles. The van der Waals surface area contributed by atoms with Crippen LogP contribution in [0.25, 0.3) is 0 Å². The van der Waals surface area contributed by atoms with Gasteiger partial charge in [-0.3, -0.25) is 9.48 Å². The van der Waals surface area contributed by atoms with Gasteiger partial charge in [0.05, 0.1) is 5.02 Å². The van der Waals surface area contributed by atoms with Gasteiger partial charge in [0.15, 0.2) is 17.8 Å². The molecule has 28 heavy (non-hydrogen) atoms. The summed E-state index contributed by atoms with van der Waals surface area (Å²) in [6.45, 7) is 2.33. The monoisotopic (exact) mass is 415 g/mol. The van der Waals surface area contributed by atoms with E-state index in [0.29, 0.717) is 6.54 Å². The zero-order valence-corrected chi connectivity index (χ0v) is 15.7. The number of alkyl halides is 2. The highest BCUT2D eigenvalue weighted by Crippen LogP contribution is 2.44. The first-order valence-corrected chi connectivity index (χ1v) is 8.65. The number of aryl methyl sites for hydroxylation is 1. The predicted molar refractivity (Wildman–Crippen MR) is 97.1 cm³/mol. The van der Waals surface area contributed by atoms with Crippen LogP contribution in [0.1, 0.15) is 29.9 Å². The molecule has 0 saturated carbocycles. The second kappa shape index (κ2) is 7.01. The topological polar surface area (TPSA) is 94.5 Å². The fourth-order valence-electron chi connectivity index (χ4n) is 2.78. The Bertz CT molecular complexity index is 962. The molecule has 11 heteroatoms. The maximum atomic E-state index is 14.5. The van der Waals surface area contributed by atoms with Crippen molar-refractivity contribution >= 4 is 29.2 Å². The number of nitrogens with zero attached hydrogens (tertiary/aromatic N) is 3. The summed E-state index contributed by atoms with van der Waals surface area (Å²) in [6.07, 6.45) is 1.48. The van der Waals surface area contributed by atoms with Crippen LogP contribution in [-0.4, -0.2) is 34.2 Å². The summed E-state index contributed by atoms with van der Waals surface area (Å²) in [5, 5.41) is 6.63. The van der Waals surface area contributed by atoms with E-state index in [4.69, 9.17) is 17.3 Å². The summed E-state index contributed by atoms with van der Waals surface area (Å²) >= 11 is 5.99. The molecule has 1 aliphatic heterocycles. The van der Waals surface area contributed by atoms with Gasteiger partial charge in [0, 0.05) is 24.0 Å². The molecule has 0 bridgehead atoms. The van der Waals surface area contributed by atoms with Crippen LogP contribution in [0, 0.1) is 5.82 Å². The van der Waals surface area contributed by atoms with Crippen LogP contribution < -0.4 is 11.1 Å². The van der Waals surface area contributed by atoms with E-state index in [0.717, 1.165) is 19.1 Å². The Hall–Kier alpha value is -2.75. The highest BCUT2D eigenvalue weighted by molar-refractivity contribution is 6.34. The van der Waals surface area contributed by atoms with Crippen molar-refractivity contribution in [2.45, 2.75) is 31.9 Å². The molecular weight excluding hydrogens is 399 g/mol. The number of ether oxygens (including phenoxy) is 1. The highest BCUT2D eigenvalue weighted by atomic mass is 35.5. The van der Waals surface area contributed by atoms with Crippen LogP contribution in [-0.2, 0) is 16.8 Å². The molecule has 0 radical (unpaired) electrons. The Balaban J connectivity index is 1.97. The van der Waals surface area contributed by atoms with E-state index in [1.54, 1.807) is 0 Å². The number of amidine groups is 1. The Morgan fingerprint density at radius 1 is 1.46 bits per heavy atom. The van der Waals surface area contributed by atoms with Crippen molar-refractivity contribution in [3.05, 3.63) is 46.5 Å². The number of carbonyl (C=O) groups excluding carboxylic acids is 1. The van der Waals surface area contributed by atoms with Crippen LogP contribution in [0.3, 0.4) is 0 Å². The molecule has 0 saturated heterocycles. The van der Waals surface area contributed by atoms with Gasteiger partial charge in [-0.25, -0.2) is 9.38 Å². The molecule has 1 aromatic heterocycles. The number of hydrogen-bond acceptors (Lipinski definition) is 5. The number of carbonyl (C=O) groups is 1. The molecule has 1 aliphatic rings. The number of aliphatic imine (C=N–C) groups is 1. The van der Waals surface area contributed by atoms with Crippen LogP contribution in [0.4, 0.5) is 18.9 Å². The first kappa shape index (κ1) is 20.0. The van der Waals surface area contributed by atoms with Crippen molar-refractivity contribution in [1.29, 1.82) is 0 Å². The van der Waals surface area contributed by atoms with Crippen molar-refractivity contribution in [3.8, 4) is 0 Å². The van der Waals surface area contributed by atoms with Crippen molar-refractivity contribution in [2.24, 2.45) is 10.7 Å². The summed E-state index contributed by atoms with van der Waals surface area (Å²) in [5.41, 5.74) is 2.71. The molecule has 3 rings (SSSR count). The van der Waals surface area contributed by atoms with Crippen molar-refractivity contribution in [3.63, 3.8) is 0 Å². The quantitative estimate of drug-likeness (QED) is 0.802. The number of amides is 1. The molecule has 3 N–H and O–H groups in total. The number of nitrogens with two attached hydrogens (primary N) is 1. The molecule has 1 atom stereocenters. The standard InChI is InChI=1S/C17H17ClF3N5O2/c1-3-26-7-11(18)13(25-26)14(27)23-9-4-5-12(19)10(6-9)16(2)17(20,21)8-28-15(22)24-16/h4-7H,3,8H2,1-2H3,(H2,22,24)(H,23,27). The van der Waals surface area contributed by atoms with Gasteiger partial charge >= 0.3 is 5.92 Å². The lowest BCUT2D eigenvalue weighted by Gasteiger charge is -2.37. The second-order valence-electron chi connectivity index (χ2n) is 6.35. The lowest BCUT2D eigenvalue weighted by Crippen LogP contribution is -2.51. The summed E-state index contributed by atoms with van der Waals surface area (Å²) in [4.78, 5) is 16.1. The average Bonchev–Trinajstić information content (AvgIpc) is 3.01. The molecule has 1 aromatic carbocycles. The molecule has 0 fully saturated rings. The summed E-state index contributed by atoms with van der Waals surface area (Å²) < 4.78 is 49.4. The SMILES string of the molecule is CCn1cc(Cl)c(C(=O)Nc2ccc(F)c(C3(C)N=C(N)OCC3(F)F)c2)n1. The lowest BCUT2D eigenvalue weighted by atomic mass is 9.85. The number of benzene rings is 1. The van der Waals surface area contributed by atoms with Gasteiger partial charge in [-0.05, 0) is 32.0 Å².